The second-order valence-electron chi connectivity index (χ2n) is 6.17. The van der Waals surface area contributed by atoms with Gasteiger partial charge in [-0.3, -0.25) is 14.4 Å². The van der Waals surface area contributed by atoms with Gasteiger partial charge in [0.1, 0.15) is 5.75 Å². The van der Waals surface area contributed by atoms with E-state index >= 15 is 0 Å². The van der Waals surface area contributed by atoms with E-state index < -0.39 is 34.8 Å². The third-order valence-corrected chi connectivity index (χ3v) is 5.17. The van der Waals surface area contributed by atoms with Gasteiger partial charge >= 0.3 is 12.1 Å². The van der Waals surface area contributed by atoms with Crippen LogP contribution in [0.4, 0.5) is 24.5 Å². The summed E-state index contributed by atoms with van der Waals surface area (Å²) in [6.07, 6.45) is -4.67. The molecule has 0 spiro atoms. The fraction of sp³-hybridized carbons (Fsp3) is 0.211. The Hall–Kier alpha value is -3.01. The van der Waals surface area contributed by atoms with Crippen molar-refractivity contribution >= 4 is 40.9 Å². The number of rotatable bonds is 4. The van der Waals surface area contributed by atoms with Crippen LogP contribution < -0.4 is 15.4 Å². The van der Waals surface area contributed by atoms with Crippen molar-refractivity contribution in [2.75, 3.05) is 10.6 Å². The number of carbonyl (C=O) groups excluding carboxylic acids is 3. The van der Waals surface area contributed by atoms with Crippen LogP contribution in [0.25, 0.3) is 0 Å². The molecule has 1 aliphatic rings. The first-order valence-corrected chi connectivity index (χ1v) is 9.27. The Morgan fingerprint density at radius 1 is 1.17 bits per heavy atom. The summed E-state index contributed by atoms with van der Waals surface area (Å²) in [6.45, 7) is 1.27. The molecule has 152 valence electrons. The predicted octanol–water partition coefficient (Wildman–Crippen LogP) is 4.07. The van der Waals surface area contributed by atoms with Crippen LogP contribution in [0.1, 0.15) is 18.9 Å². The van der Waals surface area contributed by atoms with E-state index in [1.165, 1.54) is 37.3 Å². The van der Waals surface area contributed by atoms with Gasteiger partial charge in [-0.2, -0.15) is 13.2 Å². The molecule has 2 N–H and O–H groups in total. The van der Waals surface area contributed by atoms with Crippen LogP contribution in [-0.2, 0) is 20.6 Å². The Morgan fingerprint density at radius 2 is 1.86 bits per heavy atom. The molecule has 0 aliphatic carbocycles. The first kappa shape index (κ1) is 20.7. The van der Waals surface area contributed by atoms with Crippen molar-refractivity contribution in [3.05, 3.63) is 48.0 Å². The average Bonchev–Trinajstić information content (AvgIpc) is 2.62. The van der Waals surface area contributed by atoms with Crippen LogP contribution in [0.3, 0.4) is 0 Å². The number of thioether (sulfide) groups is 1. The number of benzene rings is 2. The van der Waals surface area contributed by atoms with E-state index in [-0.39, 0.29) is 12.1 Å². The number of hydrogen-bond donors (Lipinski definition) is 2. The molecule has 0 saturated heterocycles. The van der Waals surface area contributed by atoms with E-state index in [9.17, 15) is 27.6 Å². The number of carbonyl (C=O) groups is 3. The van der Waals surface area contributed by atoms with Gasteiger partial charge in [0.15, 0.2) is 0 Å². The number of halogens is 3. The molecule has 2 amide bonds. The molecule has 2 aromatic rings. The van der Waals surface area contributed by atoms with Gasteiger partial charge in [-0.15, -0.1) is 11.8 Å². The summed E-state index contributed by atoms with van der Waals surface area (Å²) in [5.74, 6) is -1.12. The van der Waals surface area contributed by atoms with E-state index in [2.05, 4.69) is 10.6 Å². The maximum atomic E-state index is 12.8. The Kier molecular flexibility index (Phi) is 5.83. The van der Waals surface area contributed by atoms with Gasteiger partial charge in [0.05, 0.1) is 16.5 Å². The van der Waals surface area contributed by atoms with Crippen molar-refractivity contribution in [3.8, 4) is 5.75 Å². The highest BCUT2D eigenvalue weighted by Crippen LogP contribution is 2.40. The molecular weight excluding hydrogens is 409 g/mol. The third kappa shape index (κ3) is 5.29. The lowest BCUT2D eigenvalue weighted by atomic mass is 10.1. The zero-order valence-corrected chi connectivity index (χ0v) is 15.8. The molecule has 0 aromatic heterocycles. The Labute approximate surface area is 167 Å². The molecule has 0 unspecified atom stereocenters. The van der Waals surface area contributed by atoms with E-state index in [0.717, 1.165) is 23.9 Å². The number of anilines is 2. The quantitative estimate of drug-likeness (QED) is 0.571. The largest absolute Gasteiger partial charge is 0.427 e. The molecule has 2 aromatic carbocycles. The van der Waals surface area contributed by atoms with Crippen molar-refractivity contribution < 1.29 is 32.3 Å². The first-order valence-electron chi connectivity index (χ1n) is 8.39. The van der Waals surface area contributed by atoms with Crippen molar-refractivity contribution in [1.29, 1.82) is 0 Å². The number of hydrogen-bond acceptors (Lipinski definition) is 5. The van der Waals surface area contributed by atoms with Gasteiger partial charge in [-0.05, 0) is 42.5 Å². The molecule has 1 atom stereocenters. The highest BCUT2D eigenvalue weighted by atomic mass is 32.2. The number of ether oxygens (including phenoxy) is 1. The van der Waals surface area contributed by atoms with Gasteiger partial charge in [0, 0.05) is 23.9 Å². The summed E-state index contributed by atoms with van der Waals surface area (Å²) in [7, 11) is 0. The molecule has 29 heavy (non-hydrogen) atoms. The summed E-state index contributed by atoms with van der Waals surface area (Å²) in [5.41, 5.74) is -0.333. The maximum Gasteiger partial charge on any atom is 0.416 e. The number of nitrogens with one attached hydrogen (secondary N) is 2. The second kappa shape index (κ2) is 8.16. The average molecular weight is 424 g/mol. The number of esters is 1. The Morgan fingerprint density at radius 3 is 2.48 bits per heavy atom. The van der Waals surface area contributed by atoms with Crippen LogP contribution in [0.5, 0.6) is 5.75 Å². The minimum absolute atomic E-state index is 0.0764. The SMILES string of the molecule is CC(=O)Oc1ccc(NC(=O)C[C@H]2Sc3ccc(C(F)(F)F)cc3NC2=O)cc1. The molecule has 0 fully saturated rings. The van der Waals surface area contributed by atoms with Crippen LogP contribution >= 0.6 is 11.8 Å². The molecule has 6 nitrogen and oxygen atoms in total. The number of fused-ring (bicyclic) bond motifs is 1. The van der Waals surface area contributed by atoms with Crippen LogP contribution in [0, 0.1) is 0 Å². The van der Waals surface area contributed by atoms with Gasteiger partial charge in [0.25, 0.3) is 0 Å². The lowest BCUT2D eigenvalue weighted by Gasteiger charge is -2.24. The van der Waals surface area contributed by atoms with Crippen molar-refractivity contribution in [3.63, 3.8) is 0 Å². The number of alkyl halides is 3. The third-order valence-electron chi connectivity index (χ3n) is 3.90. The minimum atomic E-state index is -4.51. The zero-order valence-electron chi connectivity index (χ0n) is 15.0. The van der Waals surface area contributed by atoms with E-state index in [1.807, 2.05) is 0 Å². The summed E-state index contributed by atoms with van der Waals surface area (Å²) in [6, 6.07) is 9.19. The van der Waals surface area contributed by atoms with Crippen molar-refractivity contribution in [1.82, 2.24) is 0 Å². The fourth-order valence-corrected chi connectivity index (χ4v) is 3.70. The molecule has 10 heteroatoms. The fourth-order valence-electron chi connectivity index (χ4n) is 2.61. The smallest absolute Gasteiger partial charge is 0.416 e. The summed E-state index contributed by atoms with van der Waals surface area (Å²) >= 11 is 1.03. The molecule has 3 rings (SSSR count). The van der Waals surface area contributed by atoms with Crippen LogP contribution in [0.15, 0.2) is 47.4 Å². The summed E-state index contributed by atoms with van der Waals surface area (Å²) < 4.78 is 43.3. The van der Waals surface area contributed by atoms with Gasteiger partial charge < -0.3 is 15.4 Å². The van der Waals surface area contributed by atoms with Crippen molar-refractivity contribution in [2.24, 2.45) is 0 Å². The van der Waals surface area contributed by atoms with Gasteiger partial charge in [0.2, 0.25) is 11.8 Å². The highest BCUT2D eigenvalue weighted by Gasteiger charge is 2.34. The van der Waals surface area contributed by atoms with E-state index in [0.29, 0.717) is 16.3 Å². The monoisotopic (exact) mass is 424 g/mol. The lowest BCUT2D eigenvalue weighted by Crippen LogP contribution is -2.32. The number of amides is 2. The summed E-state index contributed by atoms with van der Waals surface area (Å²) in [4.78, 5) is 35.8. The Bertz CT molecular complexity index is 961. The van der Waals surface area contributed by atoms with Gasteiger partial charge in [-0.25, -0.2) is 0 Å². The Balaban J connectivity index is 1.63. The summed E-state index contributed by atoms with van der Waals surface area (Å²) in [5, 5.41) is 4.27. The highest BCUT2D eigenvalue weighted by molar-refractivity contribution is 8.01. The first-order chi connectivity index (χ1) is 13.6. The van der Waals surface area contributed by atoms with Crippen LogP contribution in [0.2, 0.25) is 0 Å². The molecule has 1 aliphatic heterocycles. The topological polar surface area (TPSA) is 84.5 Å². The van der Waals surface area contributed by atoms with Gasteiger partial charge in [-0.1, -0.05) is 0 Å². The van der Waals surface area contributed by atoms with E-state index in [1.54, 1.807) is 0 Å². The van der Waals surface area contributed by atoms with E-state index in [4.69, 9.17) is 4.74 Å². The van der Waals surface area contributed by atoms with Crippen LogP contribution in [-0.4, -0.2) is 23.0 Å². The molecule has 0 saturated carbocycles. The zero-order chi connectivity index (χ0) is 21.2. The normalized spacial score (nSPS) is 15.9. The minimum Gasteiger partial charge on any atom is -0.427 e. The second-order valence-corrected chi connectivity index (χ2v) is 7.42. The maximum absolute atomic E-state index is 12.8. The predicted molar refractivity (Wildman–Crippen MR) is 101 cm³/mol. The molecule has 0 bridgehead atoms. The lowest BCUT2D eigenvalue weighted by molar-refractivity contribution is -0.137. The van der Waals surface area contributed by atoms with Crippen molar-refractivity contribution in [2.45, 2.75) is 29.7 Å². The molecule has 0 radical (unpaired) electrons. The standard InChI is InChI=1S/C19H15F3N2O4S/c1-10(25)28-13-5-3-12(4-6-13)23-17(26)9-16-18(27)24-14-8-11(19(20,21)22)2-7-15(14)29-16/h2-8,16H,9H2,1H3,(H,23,26)(H,24,27)/t16-/m1/s1. The molecule has 1 heterocycles. The molecular formula is C19H15F3N2O4S.